The summed E-state index contributed by atoms with van der Waals surface area (Å²) in [6, 6.07) is 25.6. The van der Waals surface area contributed by atoms with Crippen LogP contribution in [0.5, 0.6) is 5.75 Å². The Morgan fingerprint density at radius 3 is 2.03 bits per heavy atom. The van der Waals surface area contributed by atoms with Crippen LogP contribution in [0.25, 0.3) is 11.1 Å². The first kappa shape index (κ1) is 21.6. The maximum absolute atomic E-state index is 12.9. The number of hydrogen-bond acceptors (Lipinski definition) is 3. The zero-order valence-corrected chi connectivity index (χ0v) is 18.4. The Hall–Kier alpha value is -3.60. The molecule has 0 aromatic heterocycles. The molecule has 0 bridgehead atoms. The van der Waals surface area contributed by atoms with Gasteiger partial charge in [-0.2, -0.15) is 0 Å². The van der Waals surface area contributed by atoms with Gasteiger partial charge in [-0.1, -0.05) is 67.6 Å². The van der Waals surface area contributed by atoms with Crippen LogP contribution in [0.2, 0.25) is 0 Å². The van der Waals surface area contributed by atoms with E-state index in [9.17, 15) is 9.59 Å². The monoisotopic (exact) mass is 428 g/mol. The first-order valence-corrected chi connectivity index (χ1v) is 11.1. The molecule has 3 aromatic carbocycles. The van der Waals surface area contributed by atoms with Crippen molar-refractivity contribution in [3.8, 4) is 16.9 Å². The topological polar surface area (TPSA) is 49.9 Å². The summed E-state index contributed by atoms with van der Waals surface area (Å²) in [6.07, 6.45) is 0.859. The quantitative estimate of drug-likeness (QED) is 0.589. The lowest BCUT2D eigenvalue weighted by molar-refractivity contribution is -0.134. The third-order valence-corrected chi connectivity index (χ3v) is 5.86. The summed E-state index contributed by atoms with van der Waals surface area (Å²) in [4.78, 5) is 29.1. The summed E-state index contributed by atoms with van der Waals surface area (Å²) in [5, 5.41) is 0. The molecule has 5 nitrogen and oxygen atoms in total. The standard InChI is InChI=1S/C27H28N2O3/c1-2-21-8-6-7-11-25(21)32-20-26(30)28-16-18-29(19-17-28)27(31)24-14-12-23(13-15-24)22-9-4-3-5-10-22/h3-15H,2,16-20H2,1H3. The van der Waals surface area contributed by atoms with Crippen LogP contribution in [-0.2, 0) is 11.2 Å². The molecule has 0 atom stereocenters. The van der Waals surface area contributed by atoms with Crippen molar-refractivity contribution in [3.63, 3.8) is 0 Å². The molecule has 3 aromatic rings. The van der Waals surface area contributed by atoms with E-state index in [2.05, 4.69) is 19.1 Å². The van der Waals surface area contributed by atoms with E-state index in [1.54, 1.807) is 4.90 Å². The van der Waals surface area contributed by atoms with Gasteiger partial charge in [0.2, 0.25) is 0 Å². The molecule has 1 saturated heterocycles. The maximum Gasteiger partial charge on any atom is 0.260 e. The number of ether oxygens (including phenoxy) is 1. The fraction of sp³-hybridized carbons (Fsp3) is 0.259. The smallest absolute Gasteiger partial charge is 0.260 e. The molecule has 1 aliphatic rings. The van der Waals surface area contributed by atoms with E-state index in [0.29, 0.717) is 31.7 Å². The lowest BCUT2D eigenvalue weighted by Gasteiger charge is -2.34. The van der Waals surface area contributed by atoms with E-state index in [-0.39, 0.29) is 18.4 Å². The Balaban J connectivity index is 1.29. The second-order valence-corrected chi connectivity index (χ2v) is 7.87. The van der Waals surface area contributed by atoms with Gasteiger partial charge in [-0.25, -0.2) is 0 Å². The van der Waals surface area contributed by atoms with Crippen molar-refractivity contribution < 1.29 is 14.3 Å². The lowest BCUT2D eigenvalue weighted by atomic mass is 10.0. The van der Waals surface area contributed by atoms with E-state index >= 15 is 0 Å². The van der Waals surface area contributed by atoms with Gasteiger partial charge in [0, 0.05) is 31.7 Å². The molecule has 164 valence electrons. The fourth-order valence-corrected chi connectivity index (χ4v) is 3.94. The molecule has 0 spiro atoms. The van der Waals surface area contributed by atoms with E-state index in [1.165, 1.54) is 0 Å². The fourth-order valence-electron chi connectivity index (χ4n) is 3.94. The van der Waals surface area contributed by atoms with Crippen LogP contribution in [0.1, 0.15) is 22.8 Å². The van der Waals surface area contributed by atoms with Gasteiger partial charge < -0.3 is 14.5 Å². The number of aryl methyl sites for hydroxylation is 1. The average Bonchev–Trinajstić information content (AvgIpc) is 2.87. The number of para-hydroxylation sites is 1. The molecule has 0 saturated carbocycles. The Morgan fingerprint density at radius 1 is 0.750 bits per heavy atom. The average molecular weight is 429 g/mol. The summed E-state index contributed by atoms with van der Waals surface area (Å²) in [5.74, 6) is 0.719. The van der Waals surface area contributed by atoms with Gasteiger partial charge in [0.1, 0.15) is 5.75 Å². The number of piperazine rings is 1. The summed E-state index contributed by atoms with van der Waals surface area (Å²) in [7, 11) is 0. The minimum Gasteiger partial charge on any atom is -0.483 e. The van der Waals surface area contributed by atoms with Crippen molar-refractivity contribution in [2.45, 2.75) is 13.3 Å². The first-order chi connectivity index (χ1) is 15.7. The molecule has 0 radical (unpaired) electrons. The van der Waals surface area contributed by atoms with Gasteiger partial charge in [-0.3, -0.25) is 9.59 Å². The molecule has 32 heavy (non-hydrogen) atoms. The molecule has 0 aliphatic carbocycles. The number of hydrogen-bond donors (Lipinski definition) is 0. The molecule has 1 fully saturated rings. The second-order valence-electron chi connectivity index (χ2n) is 7.87. The van der Waals surface area contributed by atoms with Crippen LogP contribution >= 0.6 is 0 Å². The van der Waals surface area contributed by atoms with E-state index in [1.807, 2.05) is 71.6 Å². The van der Waals surface area contributed by atoms with Gasteiger partial charge in [-0.05, 0) is 41.3 Å². The molecular weight excluding hydrogens is 400 g/mol. The molecule has 0 unspecified atom stereocenters. The number of benzene rings is 3. The number of carbonyl (C=O) groups excluding carboxylic acids is 2. The number of nitrogens with zero attached hydrogens (tertiary/aromatic N) is 2. The molecule has 0 N–H and O–H groups in total. The predicted molar refractivity (Wildman–Crippen MR) is 126 cm³/mol. The molecule has 5 heteroatoms. The van der Waals surface area contributed by atoms with Gasteiger partial charge in [-0.15, -0.1) is 0 Å². The maximum atomic E-state index is 12.9. The van der Waals surface area contributed by atoms with Gasteiger partial charge in [0.15, 0.2) is 6.61 Å². The van der Waals surface area contributed by atoms with Crippen molar-refractivity contribution in [1.29, 1.82) is 0 Å². The highest BCUT2D eigenvalue weighted by Crippen LogP contribution is 2.21. The van der Waals surface area contributed by atoms with Crippen LogP contribution in [0, 0.1) is 0 Å². The highest BCUT2D eigenvalue weighted by atomic mass is 16.5. The van der Waals surface area contributed by atoms with Crippen molar-refractivity contribution in [2.75, 3.05) is 32.8 Å². The molecule has 1 heterocycles. The zero-order chi connectivity index (χ0) is 22.3. The van der Waals surface area contributed by atoms with Crippen LogP contribution < -0.4 is 4.74 Å². The van der Waals surface area contributed by atoms with Crippen LogP contribution in [0.15, 0.2) is 78.9 Å². The molecule has 2 amide bonds. The number of carbonyl (C=O) groups is 2. The summed E-state index contributed by atoms with van der Waals surface area (Å²) in [6.45, 7) is 4.17. The van der Waals surface area contributed by atoms with E-state index < -0.39 is 0 Å². The molecular formula is C27H28N2O3. The third kappa shape index (κ3) is 4.99. The zero-order valence-electron chi connectivity index (χ0n) is 18.4. The normalized spacial score (nSPS) is 13.7. The van der Waals surface area contributed by atoms with Crippen LogP contribution in [-0.4, -0.2) is 54.4 Å². The summed E-state index contributed by atoms with van der Waals surface area (Å²) >= 11 is 0. The van der Waals surface area contributed by atoms with Crippen molar-refractivity contribution >= 4 is 11.8 Å². The van der Waals surface area contributed by atoms with Crippen molar-refractivity contribution in [1.82, 2.24) is 9.80 Å². The minimum absolute atomic E-state index is 0.00448. The predicted octanol–water partition coefficient (Wildman–Crippen LogP) is 4.28. The number of amides is 2. The summed E-state index contributed by atoms with van der Waals surface area (Å²) in [5.41, 5.74) is 3.97. The van der Waals surface area contributed by atoms with Gasteiger partial charge in [0.05, 0.1) is 0 Å². The van der Waals surface area contributed by atoms with E-state index in [0.717, 1.165) is 28.9 Å². The van der Waals surface area contributed by atoms with E-state index in [4.69, 9.17) is 4.74 Å². The van der Waals surface area contributed by atoms with Crippen molar-refractivity contribution in [3.05, 3.63) is 90.0 Å². The second kappa shape index (κ2) is 10.1. The van der Waals surface area contributed by atoms with Gasteiger partial charge in [0.25, 0.3) is 11.8 Å². The Labute approximate surface area is 189 Å². The third-order valence-electron chi connectivity index (χ3n) is 5.86. The lowest BCUT2D eigenvalue weighted by Crippen LogP contribution is -2.51. The SMILES string of the molecule is CCc1ccccc1OCC(=O)N1CCN(C(=O)c2ccc(-c3ccccc3)cc2)CC1. The first-order valence-electron chi connectivity index (χ1n) is 11.1. The van der Waals surface area contributed by atoms with Crippen LogP contribution in [0.4, 0.5) is 0 Å². The van der Waals surface area contributed by atoms with Crippen molar-refractivity contribution in [2.24, 2.45) is 0 Å². The molecule has 1 aliphatic heterocycles. The Bertz CT molecular complexity index is 1060. The highest BCUT2D eigenvalue weighted by Gasteiger charge is 2.25. The number of rotatable bonds is 6. The van der Waals surface area contributed by atoms with Gasteiger partial charge >= 0.3 is 0 Å². The molecule has 4 rings (SSSR count). The Kier molecular flexibility index (Phi) is 6.85. The minimum atomic E-state index is -0.0461. The summed E-state index contributed by atoms with van der Waals surface area (Å²) < 4.78 is 5.76. The van der Waals surface area contributed by atoms with Crippen LogP contribution in [0.3, 0.4) is 0 Å². The highest BCUT2D eigenvalue weighted by molar-refractivity contribution is 5.95. The Morgan fingerprint density at radius 2 is 1.34 bits per heavy atom. The largest absolute Gasteiger partial charge is 0.483 e.